The van der Waals surface area contributed by atoms with Crippen LogP contribution >= 0.6 is 0 Å². The highest BCUT2D eigenvalue weighted by Gasteiger charge is 2.46. The first-order valence-electron chi connectivity index (χ1n) is 26.1. The number of aliphatic hydroxyl groups excluding tert-OH is 3. The zero-order valence-corrected chi connectivity index (χ0v) is 45.2. The molecule has 0 bridgehead atoms. The van der Waals surface area contributed by atoms with Crippen molar-refractivity contribution >= 4 is 23.6 Å². The first-order chi connectivity index (χ1) is 34.5. The number of methoxy groups -OCH3 is 2. The Hall–Kier alpha value is -4.58. The summed E-state index contributed by atoms with van der Waals surface area (Å²) in [6, 6.07) is 7.54. The summed E-state index contributed by atoms with van der Waals surface area (Å²) >= 11 is 0. The van der Waals surface area contributed by atoms with Crippen molar-refractivity contribution in [2.45, 2.75) is 174 Å². The number of esters is 1. The van der Waals surface area contributed by atoms with Gasteiger partial charge < -0.3 is 54.7 Å². The number of cyclic esters (lactones) is 1. The van der Waals surface area contributed by atoms with Gasteiger partial charge in [-0.3, -0.25) is 14.4 Å². The summed E-state index contributed by atoms with van der Waals surface area (Å²) < 4.78 is 29.2. The first-order valence-corrected chi connectivity index (χ1v) is 26.1. The van der Waals surface area contributed by atoms with Crippen LogP contribution in [0, 0.1) is 35.5 Å². The molecule has 3 saturated heterocycles. The van der Waals surface area contributed by atoms with E-state index in [9.17, 15) is 39.6 Å². The van der Waals surface area contributed by atoms with Gasteiger partial charge in [-0.25, -0.2) is 4.79 Å². The number of amides is 2. The van der Waals surface area contributed by atoms with Gasteiger partial charge in [0.25, 0.3) is 0 Å². The number of hydrogen-bond acceptors (Lipinski definition) is 13. The van der Waals surface area contributed by atoms with Gasteiger partial charge in [-0.05, 0) is 70.1 Å². The zero-order valence-electron chi connectivity index (χ0n) is 45.2. The van der Waals surface area contributed by atoms with Gasteiger partial charge in [-0.1, -0.05) is 132 Å². The third kappa shape index (κ3) is 17.0. The Labute approximate surface area is 434 Å². The molecule has 0 aromatic heterocycles. The van der Waals surface area contributed by atoms with Crippen LogP contribution in [-0.4, -0.2) is 131 Å². The molecule has 1 aromatic rings. The molecule has 15 nitrogen and oxygen atoms in total. The molecule has 3 aliphatic heterocycles. The van der Waals surface area contributed by atoms with Gasteiger partial charge >= 0.3 is 5.97 Å². The summed E-state index contributed by atoms with van der Waals surface area (Å²) in [5.74, 6) is -3.59. The van der Waals surface area contributed by atoms with Crippen LogP contribution in [-0.2, 0) is 42.9 Å². The van der Waals surface area contributed by atoms with Crippen LogP contribution in [0.25, 0.3) is 0 Å². The highest BCUT2D eigenvalue weighted by atomic mass is 16.6. The SMILES string of the molecule is CCC1C(C/C=C(\C)C(O)CC(OC)C(C)C(=O)NC(C(=O)NC2C(=O)OC(c3ccccc3)C2C)C(C)C)OC(/C=C/C=C\CC(CC(=O)/C=C/C(C)=C/C=C/C2COC(C)C(C)(O)C2O)OC)C(C)C1O. The fraction of sp³-hybridized carbons (Fsp3) is 0.621. The second-order valence-corrected chi connectivity index (χ2v) is 20.9. The number of ketones is 1. The number of ether oxygens (including phenoxy) is 5. The average molecular weight is 1020 g/mol. The topological polar surface area (TPSA) is 219 Å². The van der Waals surface area contributed by atoms with Crippen molar-refractivity contribution in [2.24, 2.45) is 35.5 Å². The number of benzene rings is 1. The lowest BCUT2D eigenvalue weighted by Gasteiger charge is -2.43. The smallest absolute Gasteiger partial charge is 0.329 e. The molecule has 6 N–H and O–H groups in total. The second-order valence-electron chi connectivity index (χ2n) is 20.9. The number of carbonyl (C=O) groups is 4. The Bertz CT molecular complexity index is 2130. The van der Waals surface area contributed by atoms with Crippen LogP contribution in [0.5, 0.6) is 0 Å². The number of rotatable bonds is 25. The third-order valence-electron chi connectivity index (χ3n) is 15.2. The summed E-state index contributed by atoms with van der Waals surface area (Å²) in [5.41, 5.74) is 0.999. The molecule has 3 aliphatic rings. The average Bonchev–Trinajstić information content (AvgIpc) is 3.64. The molecule has 2 amide bonds. The molecule has 0 aliphatic carbocycles. The summed E-state index contributed by atoms with van der Waals surface area (Å²) in [6.07, 6.45) is 14.9. The van der Waals surface area contributed by atoms with Crippen LogP contribution < -0.4 is 10.6 Å². The number of nitrogens with one attached hydrogen (secondary N) is 2. The highest BCUT2D eigenvalue weighted by molar-refractivity contribution is 5.92. The Kier molecular flexibility index (Phi) is 24.2. The maximum absolute atomic E-state index is 13.7. The molecule has 0 spiro atoms. The lowest BCUT2D eigenvalue weighted by molar-refractivity contribution is -0.203. The van der Waals surface area contributed by atoms with Gasteiger partial charge in [0.05, 0.1) is 61.4 Å². The predicted molar refractivity (Wildman–Crippen MR) is 281 cm³/mol. The monoisotopic (exact) mass is 1020 g/mol. The van der Waals surface area contributed by atoms with Crippen molar-refractivity contribution in [3.8, 4) is 0 Å². The van der Waals surface area contributed by atoms with Crippen molar-refractivity contribution in [2.75, 3.05) is 20.8 Å². The van der Waals surface area contributed by atoms with E-state index in [0.29, 0.717) is 31.4 Å². The van der Waals surface area contributed by atoms with Gasteiger partial charge in [0.2, 0.25) is 11.8 Å². The van der Waals surface area contributed by atoms with Crippen LogP contribution in [0.15, 0.2) is 102 Å². The van der Waals surface area contributed by atoms with Gasteiger partial charge in [0.15, 0.2) is 5.78 Å². The summed E-state index contributed by atoms with van der Waals surface area (Å²) in [4.78, 5) is 53.0. The van der Waals surface area contributed by atoms with Gasteiger partial charge in [-0.2, -0.15) is 0 Å². The Morgan fingerprint density at radius 3 is 2.29 bits per heavy atom. The molecular weight excluding hydrogens is 933 g/mol. The molecule has 0 saturated carbocycles. The van der Waals surface area contributed by atoms with Crippen molar-refractivity contribution in [3.05, 3.63) is 108 Å². The normalized spacial score (nSPS) is 31.5. The lowest BCUT2D eigenvalue weighted by Crippen LogP contribution is -2.57. The van der Waals surface area contributed by atoms with E-state index < -0.39 is 78.0 Å². The third-order valence-corrected chi connectivity index (χ3v) is 15.2. The molecule has 17 atom stereocenters. The van der Waals surface area contributed by atoms with E-state index in [4.69, 9.17) is 23.7 Å². The van der Waals surface area contributed by atoms with Crippen LogP contribution in [0.4, 0.5) is 0 Å². The van der Waals surface area contributed by atoms with Crippen LogP contribution in [0.3, 0.4) is 0 Å². The molecule has 17 unspecified atom stereocenters. The van der Waals surface area contributed by atoms with Crippen molar-refractivity contribution in [1.82, 2.24) is 10.6 Å². The Morgan fingerprint density at radius 1 is 0.945 bits per heavy atom. The van der Waals surface area contributed by atoms with E-state index >= 15 is 0 Å². The number of aliphatic hydroxyl groups is 4. The van der Waals surface area contributed by atoms with E-state index in [2.05, 4.69) is 10.6 Å². The number of hydrogen-bond donors (Lipinski definition) is 6. The van der Waals surface area contributed by atoms with Gasteiger partial charge in [0, 0.05) is 50.7 Å². The van der Waals surface area contributed by atoms with Crippen LogP contribution in [0.1, 0.15) is 113 Å². The summed E-state index contributed by atoms with van der Waals surface area (Å²) in [6.45, 7) is 18.4. The van der Waals surface area contributed by atoms with E-state index in [1.165, 1.54) is 13.2 Å². The van der Waals surface area contributed by atoms with Gasteiger partial charge in [-0.15, -0.1) is 0 Å². The van der Waals surface area contributed by atoms with Crippen molar-refractivity contribution < 1.29 is 63.3 Å². The maximum Gasteiger partial charge on any atom is 0.329 e. The number of carbonyl (C=O) groups excluding carboxylic acids is 4. The molecule has 15 heteroatoms. The molecule has 3 fully saturated rings. The molecule has 4 rings (SSSR count). The van der Waals surface area contributed by atoms with Crippen molar-refractivity contribution in [1.29, 1.82) is 0 Å². The first kappa shape index (κ1) is 61.0. The van der Waals surface area contributed by atoms with E-state index in [1.54, 1.807) is 46.1 Å². The second kappa shape index (κ2) is 28.9. The Morgan fingerprint density at radius 2 is 1.64 bits per heavy atom. The fourth-order valence-electron chi connectivity index (χ4n) is 9.68. The highest BCUT2D eigenvalue weighted by Crippen LogP contribution is 2.37. The van der Waals surface area contributed by atoms with Crippen LogP contribution in [0.2, 0.25) is 0 Å². The van der Waals surface area contributed by atoms with E-state index in [1.807, 2.05) is 115 Å². The van der Waals surface area contributed by atoms with Gasteiger partial charge in [0.1, 0.15) is 23.8 Å². The van der Waals surface area contributed by atoms with Crippen molar-refractivity contribution in [3.63, 3.8) is 0 Å². The molecule has 406 valence electrons. The van der Waals surface area contributed by atoms with E-state index in [0.717, 1.165) is 11.1 Å². The standard InChI is InChI=1S/C58H86N2O13/c1-13-45-48(72-47(37(6)52(45)63)26-19-15-18-25-44(69-11)31-43(61)29-27-35(4)21-20-24-42-33-71-40(9)58(10,68)54(42)64)30-28-36(5)46(62)32-49(70-12)38(7)55(65)59-50(34(2)3)56(66)60-51-39(8)53(73-57(51)67)41-22-16-14-17-23-41/h14-24,26-29,34,37-40,42,44-54,62-64,68H,13,25,30-33H2,1-12H3,(H,59,65)(H,60,66)/b18-15-,24-20+,26-19+,29-27+,35-21+,36-28+. The molecule has 73 heavy (non-hydrogen) atoms. The Balaban J connectivity index is 1.27. The minimum Gasteiger partial charge on any atom is -0.456 e. The molecular formula is C58H86N2O13. The largest absolute Gasteiger partial charge is 0.456 e. The quantitative estimate of drug-likeness (QED) is 0.0259. The maximum atomic E-state index is 13.7. The summed E-state index contributed by atoms with van der Waals surface area (Å²) in [7, 11) is 3.05. The van der Waals surface area contributed by atoms with E-state index in [-0.39, 0.29) is 66.5 Å². The predicted octanol–water partition coefficient (Wildman–Crippen LogP) is 6.76. The minimum absolute atomic E-state index is 0.0848. The fourth-order valence-corrected chi connectivity index (χ4v) is 9.68. The summed E-state index contributed by atoms with van der Waals surface area (Å²) in [5, 5.41) is 49.6. The zero-order chi connectivity index (χ0) is 54.2. The molecule has 0 radical (unpaired) electrons. The lowest BCUT2D eigenvalue weighted by atomic mass is 9.79. The minimum atomic E-state index is -1.35. The number of allylic oxidation sites excluding steroid dienone is 7. The molecule has 1 aromatic carbocycles. The molecule has 3 heterocycles.